The van der Waals surface area contributed by atoms with Gasteiger partial charge in [-0.05, 0) is 37.3 Å². The van der Waals surface area contributed by atoms with E-state index in [4.69, 9.17) is 4.74 Å². The molecule has 27 heavy (non-hydrogen) atoms. The van der Waals surface area contributed by atoms with E-state index in [9.17, 15) is 18.0 Å². The molecule has 0 bridgehead atoms. The number of hydrazine groups is 1. The van der Waals surface area contributed by atoms with Gasteiger partial charge in [0, 0.05) is 17.3 Å². The van der Waals surface area contributed by atoms with Crippen molar-refractivity contribution in [2.24, 2.45) is 0 Å². The highest BCUT2D eigenvalue weighted by Crippen LogP contribution is 2.46. The topological polar surface area (TPSA) is 41.6 Å². The second kappa shape index (κ2) is 7.03. The highest BCUT2D eigenvalue weighted by molar-refractivity contribution is 5.92. The van der Waals surface area contributed by atoms with Crippen molar-refractivity contribution >= 4 is 16.7 Å². The number of rotatable bonds is 5. The molecular formula is C20H23F3N2O2. The average Bonchev–Trinajstić information content (AvgIpc) is 2.84. The van der Waals surface area contributed by atoms with E-state index < -0.39 is 23.7 Å². The SMILES string of the molecule is CCCOc1cccc2cccc(C(N3NC(=O)CC3(C)C)C(F)(F)F)c12. The van der Waals surface area contributed by atoms with Gasteiger partial charge in [-0.25, -0.2) is 0 Å². The Bertz CT molecular complexity index is 843. The smallest absolute Gasteiger partial charge is 0.409 e. The fourth-order valence-corrected chi connectivity index (χ4v) is 3.57. The fourth-order valence-electron chi connectivity index (χ4n) is 3.57. The average molecular weight is 380 g/mol. The number of carbonyl (C=O) groups excluding carboxylic acids is 1. The first kappa shape index (κ1) is 19.5. The summed E-state index contributed by atoms with van der Waals surface area (Å²) in [7, 11) is 0. The first-order valence-corrected chi connectivity index (χ1v) is 8.95. The zero-order chi connectivity index (χ0) is 19.8. The van der Waals surface area contributed by atoms with Crippen molar-refractivity contribution in [3.63, 3.8) is 0 Å². The van der Waals surface area contributed by atoms with E-state index in [0.717, 1.165) is 11.4 Å². The maximum atomic E-state index is 14.2. The molecule has 1 aliphatic heterocycles. The number of nitrogens with one attached hydrogen (secondary N) is 1. The van der Waals surface area contributed by atoms with E-state index in [1.54, 1.807) is 44.2 Å². The van der Waals surface area contributed by atoms with Crippen LogP contribution in [0.5, 0.6) is 5.75 Å². The monoisotopic (exact) mass is 380 g/mol. The molecule has 146 valence electrons. The molecule has 1 fully saturated rings. The van der Waals surface area contributed by atoms with Gasteiger partial charge < -0.3 is 4.74 Å². The van der Waals surface area contributed by atoms with E-state index in [-0.39, 0.29) is 12.0 Å². The van der Waals surface area contributed by atoms with Crippen molar-refractivity contribution in [3.05, 3.63) is 42.0 Å². The maximum absolute atomic E-state index is 14.2. The number of amides is 1. The highest BCUT2D eigenvalue weighted by Gasteiger charge is 2.53. The molecule has 7 heteroatoms. The van der Waals surface area contributed by atoms with Gasteiger partial charge in [0.1, 0.15) is 5.75 Å². The van der Waals surface area contributed by atoms with Crippen LogP contribution in [0.1, 0.15) is 45.2 Å². The van der Waals surface area contributed by atoms with Crippen molar-refractivity contribution in [1.29, 1.82) is 0 Å². The van der Waals surface area contributed by atoms with Crippen LogP contribution in [0.4, 0.5) is 13.2 Å². The van der Waals surface area contributed by atoms with Crippen molar-refractivity contribution in [2.45, 2.75) is 51.4 Å². The summed E-state index contributed by atoms with van der Waals surface area (Å²) in [6.45, 7) is 5.61. The minimum atomic E-state index is -4.58. The molecule has 4 nitrogen and oxygen atoms in total. The quantitative estimate of drug-likeness (QED) is 0.814. The summed E-state index contributed by atoms with van der Waals surface area (Å²) in [5.74, 6) is -0.000488. The number of alkyl halides is 3. The normalized spacial score (nSPS) is 18.5. The summed E-state index contributed by atoms with van der Waals surface area (Å²) < 4.78 is 48.4. The molecule has 1 heterocycles. The zero-order valence-electron chi connectivity index (χ0n) is 15.6. The van der Waals surface area contributed by atoms with Gasteiger partial charge in [0.25, 0.3) is 0 Å². The van der Waals surface area contributed by atoms with Crippen LogP contribution < -0.4 is 10.2 Å². The third-order valence-corrected chi connectivity index (χ3v) is 4.71. The molecule has 1 atom stereocenters. The summed E-state index contributed by atoms with van der Waals surface area (Å²) in [5.41, 5.74) is 1.51. The Labute approximate surface area is 156 Å². The van der Waals surface area contributed by atoms with Crippen LogP contribution in [0.3, 0.4) is 0 Å². The molecular weight excluding hydrogens is 357 g/mol. The van der Waals surface area contributed by atoms with Gasteiger partial charge in [0.15, 0.2) is 6.04 Å². The number of nitrogens with zero attached hydrogens (tertiary/aromatic N) is 1. The summed E-state index contributed by atoms with van der Waals surface area (Å²) in [6, 6.07) is 8.06. The lowest BCUT2D eigenvalue weighted by Crippen LogP contribution is -2.51. The first-order chi connectivity index (χ1) is 12.6. The highest BCUT2D eigenvalue weighted by atomic mass is 19.4. The van der Waals surface area contributed by atoms with Crippen molar-refractivity contribution in [2.75, 3.05) is 6.61 Å². The molecule has 1 unspecified atom stereocenters. The standard InChI is InChI=1S/C20H23F3N2O2/c1-4-11-27-15-10-6-8-13-7-5-9-14(17(13)15)18(20(21,22)23)25-19(2,3)12-16(26)24-25/h5-10,18H,4,11-12H2,1-3H3,(H,24,26). The second-order valence-electron chi connectivity index (χ2n) is 7.39. The summed E-state index contributed by atoms with van der Waals surface area (Å²) in [6.07, 6.45) is -3.83. The van der Waals surface area contributed by atoms with Crippen molar-refractivity contribution in [1.82, 2.24) is 10.4 Å². The third-order valence-electron chi connectivity index (χ3n) is 4.71. The molecule has 0 aliphatic carbocycles. The van der Waals surface area contributed by atoms with Crippen molar-refractivity contribution in [3.8, 4) is 5.75 Å². The lowest BCUT2D eigenvalue weighted by atomic mass is 9.93. The Morgan fingerprint density at radius 3 is 2.44 bits per heavy atom. The van der Waals surface area contributed by atoms with Crippen LogP contribution in [0, 0.1) is 0 Å². The van der Waals surface area contributed by atoms with E-state index in [1.165, 1.54) is 6.07 Å². The number of fused-ring (bicyclic) bond motifs is 1. The Morgan fingerprint density at radius 2 is 1.89 bits per heavy atom. The Hall–Kier alpha value is -2.28. The molecule has 2 aromatic rings. The Kier molecular flexibility index (Phi) is 5.08. The van der Waals surface area contributed by atoms with Gasteiger partial charge in [-0.1, -0.05) is 37.3 Å². The van der Waals surface area contributed by atoms with Gasteiger partial charge >= 0.3 is 6.18 Å². The van der Waals surface area contributed by atoms with Gasteiger partial charge in [0.05, 0.1) is 6.61 Å². The van der Waals surface area contributed by atoms with Crippen LogP contribution in [0.15, 0.2) is 36.4 Å². The van der Waals surface area contributed by atoms with E-state index in [2.05, 4.69) is 5.43 Å². The van der Waals surface area contributed by atoms with Crippen LogP contribution in [-0.4, -0.2) is 29.2 Å². The van der Waals surface area contributed by atoms with E-state index in [0.29, 0.717) is 23.1 Å². The maximum Gasteiger partial charge on any atom is 0.409 e. The minimum absolute atomic E-state index is 0.00351. The molecule has 0 spiro atoms. The largest absolute Gasteiger partial charge is 0.493 e. The van der Waals surface area contributed by atoms with Gasteiger partial charge in [0.2, 0.25) is 5.91 Å². The summed E-state index contributed by atoms with van der Waals surface area (Å²) in [5, 5.41) is 2.12. The molecule has 1 N–H and O–H groups in total. The second-order valence-corrected chi connectivity index (χ2v) is 7.39. The van der Waals surface area contributed by atoms with Crippen molar-refractivity contribution < 1.29 is 22.7 Å². The molecule has 2 aromatic carbocycles. The van der Waals surface area contributed by atoms with Gasteiger partial charge in [-0.2, -0.15) is 18.2 Å². The van der Waals surface area contributed by atoms with E-state index >= 15 is 0 Å². The lowest BCUT2D eigenvalue weighted by molar-refractivity contribution is -0.203. The molecule has 0 saturated carbocycles. The van der Waals surface area contributed by atoms with Crippen LogP contribution in [0.25, 0.3) is 10.8 Å². The number of carbonyl (C=O) groups is 1. The van der Waals surface area contributed by atoms with E-state index in [1.807, 2.05) is 6.92 Å². The molecule has 1 amide bonds. The number of ether oxygens (including phenoxy) is 1. The molecule has 3 rings (SSSR count). The number of halogens is 3. The van der Waals surface area contributed by atoms with Gasteiger partial charge in [-0.15, -0.1) is 0 Å². The lowest BCUT2D eigenvalue weighted by Gasteiger charge is -2.38. The predicted octanol–water partition coefficient (Wildman–Crippen LogP) is 4.75. The third kappa shape index (κ3) is 3.74. The number of hydrogen-bond donors (Lipinski definition) is 1. The number of hydrogen-bond acceptors (Lipinski definition) is 3. The van der Waals surface area contributed by atoms with Crippen LogP contribution in [0.2, 0.25) is 0 Å². The first-order valence-electron chi connectivity index (χ1n) is 8.95. The fraction of sp³-hybridized carbons (Fsp3) is 0.450. The number of benzene rings is 2. The minimum Gasteiger partial charge on any atom is -0.493 e. The Morgan fingerprint density at radius 1 is 1.22 bits per heavy atom. The Balaban J connectivity index is 2.21. The van der Waals surface area contributed by atoms with Gasteiger partial charge in [-0.3, -0.25) is 10.2 Å². The van der Waals surface area contributed by atoms with Crippen LogP contribution in [-0.2, 0) is 4.79 Å². The summed E-state index contributed by atoms with van der Waals surface area (Å²) >= 11 is 0. The zero-order valence-corrected chi connectivity index (χ0v) is 15.6. The molecule has 0 aromatic heterocycles. The molecule has 1 aliphatic rings. The summed E-state index contributed by atoms with van der Waals surface area (Å²) in [4.78, 5) is 11.9. The predicted molar refractivity (Wildman–Crippen MR) is 97.2 cm³/mol. The molecule has 0 radical (unpaired) electrons. The van der Waals surface area contributed by atoms with Crippen LogP contribution >= 0.6 is 0 Å². The molecule has 1 saturated heterocycles.